The Kier molecular flexibility index (Phi) is 9.60. The van der Waals surface area contributed by atoms with Crippen molar-refractivity contribution in [3.63, 3.8) is 0 Å². The summed E-state index contributed by atoms with van der Waals surface area (Å²) in [7, 11) is 0. The highest BCUT2D eigenvalue weighted by Gasteiger charge is 2.19. The summed E-state index contributed by atoms with van der Waals surface area (Å²) in [5.41, 5.74) is 0.711. The Morgan fingerprint density at radius 2 is 1.62 bits per heavy atom. The number of hydrogen-bond donors (Lipinski definition) is 0. The van der Waals surface area contributed by atoms with E-state index < -0.39 is 0 Å². The molecule has 1 unspecified atom stereocenters. The molecule has 0 aromatic rings. The number of rotatable bonds is 11. The van der Waals surface area contributed by atoms with E-state index in [1.54, 1.807) is 0 Å². The summed E-state index contributed by atoms with van der Waals surface area (Å²) >= 11 is 0. The van der Waals surface area contributed by atoms with Gasteiger partial charge in [-0.15, -0.1) is 0 Å². The Hall–Kier alpha value is -1.31. The third kappa shape index (κ3) is 8.54. The molecule has 0 N–H and O–H groups in total. The zero-order chi connectivity index (χ0) is 15.3. The van der Waals surface area contributed by atoms with Gasteiger partial charge in [-0.05, 0) is 45.1 Å². The van der Waals surface area contributed by atoms with Crippen molar-refractivity contribution >= 4 is 5.97 Å². The third-order valence-electron chi connectivity index (χ3n) is 3.63. The van der Waals surface area contributed by atoms with E-state index in [1.807, 2.05) is 19.1 Å². The van der Waals surface area contributed by atoms with E-state index in [4.69, 9.17) is 4.74 Å². The van der Waals surface area contributed by atoms with Gasteiger partial charge in [0.25, 0.3) is 0 Å². The van der Waals surface area contributed by atoms with Crippen molar-refractivity contribution in [3.8, 4) is 0 Å². The Labute approximate surface area is 130 Å². The molecule has 0 saturated carbocycles. The monoisotopic (exact) mass is 290 g/mol. The molecule has 2 heteroatoms. The normalized spacial score (nSPS) is 18.7. The van der Waals surface area contributed by atoms with Gasteiger partial charge in [-0.25, -0.2) is 4.79 Å². The summed E-state index contributed by atoms with van der Waals surface area (Å²) in [6, 6.07) is 0. The van der Waals surface area contributed by atoms with Crippen molar-refractivity contribution in [2.24, 2.45) is 0 Å². The van der Waals surface area contributed by atoms with Crippen molar-refractivity contribution in [2.75, 3.05) is 0 Å². The van der Waals surface area contributed by atoms with Gasteiger partial charge in [0.1, 0.15) is 6.10 Å². The second kappa shape index (κ2) is 11.4. The molecule has 0 fully saturated rings. The Bertz CT molecular complexity index is 377. The molecule has 0 aliphatic carbocycles. The second-order valence-corrected chi connectivity index (χ2v) is 5.71. The summed E-state index contributed by atoms with van der Waals surface area (Å²) in [6.07, 6.45) is 21.7. The van der Waals surface area contributed by atoms with E-state index in [0.29, 0.717) is 5.57 Å². The maximum absolute atomic E-state index is 11.4. The molecule has 0 spiro atoms. The molecule has 2 nitrogen and oxygen atoms in total. The molecule has 1 rings (SSSR count). The van der Waals surface area contributed by atoms with Crippen molar-refractivity contribution < 1.29 is 9.53 Å². The van der Waals surface area contributed by atoms with E-state index in [2.05, 4.69) is 25.2 Å². The van der Waals surface area contributed by atoms with Crippen molar-refractivity contribution in [2.45, 2.75) is 77.7 Å². The highest BCUT2D eigenvalue weighted by molar-refractivity contribution is 5.93. The van der Waals surface area contributed by atoms with Crippen molar-refractivity contribution in [1.29, 1.82) is 0 Å². The van der Waals surface area contributed by atoms with Gasteiger partial charge < -0.3 is 4.74 Å². The largest absolute Gasteiger partial charge is 0.455 e. The molecule has 1 aliphatic heterocycles. The predicted molar refractivity (Wildman–Crippen MR) is 89.1 cm³/mol. The molecule has 1 atom stereocenters. The third-order valence-corrected chi connectivity index (χ3v) is 3.63. The summed E-state index contributed by atoms with van der Waals surface area (Å²) in [6.45, 7) is 4.06. The van der Waals surface area contributed by atoms with Crippen LogP contribution in [0.4, 0.5) is 0 Å². The summed E-state index contributed by atoms with van der Waals surface area (Å²) in [5, 5.41) is 0. The molecular formula is C19H30O2. The van der Waals surface area contributed by atoms with Crippen LogP contribution in [-0.4, -0.2) is 12.1 Å². The van der Waals surface area contributed by atoms with E-state index in [1.165, 1.54) is 44.9 Å². The standard InChI is InChI=1S/C19H30O2/c1-3-4-5-6-7-8-9-10-11-12-13-14-15-18-16-17(2)21-19(18)20/h4-5,14-17H,3,6-13H2,1-2H3/b5-4+,15-14+. The van der Waals surface area contributed by atoms with Crippen LogP contribution < -0.4 is 0 Å². The highest BCUT2D eigenvalue weighted by atomic mass is 16.5. The first-order valence-electron chi connectivity index (χ1n) is 8.48. The number of carbonyl (C=O) groups is 1. The van der Waals surface area contributed by atoms with Crippen LogP contribution >= 0.6 is 0 Å². The first-order valence-corrected chi connectivity index (χ1v) is 8.48. The van der Waals surface area contributed by atoms with Crippen molar-refractivity contribution in [1.82, 2.24) is 0 Å². The fraction of sp³-hybridized carbons (Fsp3) is 0.632. The molecule has 0 bridgehead atoms. The zero-order valence-corrected chi connectivity index (χ0v) is 13.6. The van der Waals surface area contributed by atoms with Crippen LogP contribution in [-0.2, 0) is 9.53 Å². The number of unbranched alkanes of at least 4 members (excludes halogenated alkanes) is 7. The molecule has 21 heavy (non-hydrogen) atoms. The van der Waals surface area contributed by atoms with Gasteiger partial charge in [0.05, 0.1) is 5.57 Å². The highest BCUT2D eigenvalue weighted by Crippen LogP contribution is 2.15. The topological polar surface area (TPSA) is 26.3 Å². The van der Waals surface area contributed by atoms with E-state index in [0.717, 1.165) is 12.8 Å². The van der Waals surface area contributed by atoms with E-state index in [9.17, 15) is 4.79 Å². The molecule has 0 aromatic heterocycles. The van der Waals surface area contributed by atoms with Crippen LogP contribution in [0.3, 0.4) is 0 Å². The Balaban J connectivity index is 1.92. The lowest BCUT2D eigenvalue weighted by Crippen LogP contribution is -2.02. The average molecular weight is 290 g/mol. The predicted octanol–water partition coefficient (Wildman–Crippen LogP) is 5.50. The summed E-state index contributed by atoms with van der Waals surface area (Å²) < 4.78 is 5.04. The maximum Gasteiger partial charge on any atom is 0.338 e. The van der Waals surface area contributed by atoms with Gasteiger partial charge >= 0.3 is 5.97 Å². The molecule has 0 saturated heterocycles. The van der Waals surface area contributed by atoms with Gasteiger partial charge in [0, 0.05) is 0 Å². The minimum absolute atomic E-state index is 0.0654. The number of ether oxygens (including phenoxy) is 1. The van der Waals surface area contributed by atoms with Crippen molar-refractivity contribution in [3.05, 3.63) is 36.0 Å². The first kappa shape index (κ1) is 17.7. The first-order chi connectivity index (χ1) is 10.2. The number of esters is 1. The van der Waals surface area contributed by atoms with Gasteiger partial charge in [-0.1, -0.05) is 56.9 Å². The summed E-state index contributed by atoms with van der Waals surface area (Å²) in [4.78, 5) is 11.4. The van der Waals surface area contributed by atoms with Gasteiger partial charge in [-0.2, -0.15) is 0 Å². The van der Waals surface area contributed by atoms with Crippen LogP contribution in [0, 0.1) is 0 Å². The van der Waals surface area contributed by atoms with Gasteiger partial charge in [0.2, 0.25) is 0 Å². The molecule has 0 aromatic carbocycles. The fourth-order valence-electron chi connectivity index (χ4n) is 2.44. The van der Waals surface area contributed by atoms with Crippen LogP contribution in [0.2, 0.25) is 0 Å². The van der Waals surface area contributed by atoms with Gasteiger partial charge in [-0.3, -0.25) is 0 Å². The fourth-order valence-corrected chi connectivity index (χ4v) is 2.44. The Morgan fingerprint density at radius 3 is 2.19 bits per heavy atom. The van der Waals surface area contributed by atoms with Gasteiger partial charge in [0.15, 0.2) is 0 Å². The molecule has 1 heterocycles. The smallest absolute Gasteiger partial charge is 0.338 e. The lowest BCUT2D eigenvalue weighted by atomic mass is 10.1. The lowest BCUT2D eigenvalue weighted by Gasteiger charge is -1.99. The molecule has 0 amide bonds. The quantitative estimate of drug-likeness (QED) is 0.285. The second-order valence-electron chi connectivity index (χ2n) is 5.71. The number of carbonyl (C=O) groups excluding carboxylic acids is 1. The van der Waals surface area contributed by atoms with E-state index in [-0.39, 0.29) is 12.1 Å². The lowest BCUT2D eigenvalue weighted by molar-refractivity contribution is -0.138. The molecule has 118 valence electrons. The minimum atomic E-state index is -0.184. The summed E-state index contributed by atoms with van der Waals surface area (Å²) in [5.74, 6) is -0.184. The number of cyclic esters (lactones) is 1. The minimum Gasteiger partial charge on any atom is -0.455 e. The molecular weight excluding hydrogens is 260 g/mol. The SMILES string of the molecule is CC/C=C/CCCCCCCC/C=C/C1=CC(C)OC1=O. The van der Waals surface area contributed by atoms with Crippen LogP contribution in [0.5, 0.6) is 0 Å². The van der Waals surface area contributed by atoms with E-state index >= 15 is 0 Å². The Morgan fingerprint density at radius 1 is 1.00 bits per heavy atom. The maximum atomic E-state index is 11.4. The van der Waals surface area contributed by atoms with Crippen LogP contribution in [0.15, 0.2) is 36.0 Å². The number of hydrogen-bond acceptors (Lipinski definition) is 2. The van der Waals surface area contributed by atoms with Crippen LogP contribution in [0.1, 0.15) is 71.6 Å². The van der Waals surface area contributed by atoms with Crippen LogP contribution in [0.25, 0.3) is 0 Å². The zero-order valence-electron chi connectivity index (χ0n) is 13.6. The molecule has 0 radical (unpaired) electrons. The molecule has 1 aliphatic rings. The number of allylic oxidation sites excluding steroid dienone is 3. The average Bonchev–Trinajstić information content (AvgIpc) is 2.78.